The molecule has 0 aliphatic heterocycles. The first kappa shape index (κ1) is 20.8. The van der Waals surface area contributed by atoms with E-state index in [4.69, 9.17) is 0 Å². The van der Waals surface area contributed by atoms with E-state index in [2.05, 4.69) is 41.5 Å². The van der Waals surface area contributed by atoms with Crippen molar-refractivity contribution in [2.24, 2.45) is 50.7 Å². The molecule has 0 spiro atoms. The molecule has 0 aromatic rings. The number of aliphatic hydroxyl groups excluding tert-OH is 1. The van der Waals surface area contributed by atoms with Crippen molar-refractivity contribution in [2.45, 2.75) is 125 Å². The smallest absolute Gasteiger partial charge is 0.0594 e. The second-order valence-electron chi connectivity index (χ2n) is 13.8. The van der Waals surface area contributed by atoms with Gasteiger partial charge in [-0.2, -0.15) is 0 Å². The molecule has 1 N–H and O–H groups in total. The molecule has 0 aromatic heterocycles. The zero-order valence-electron chi connectivity index (χ0n) is 20.3. The molecule has 29 heavy (non-hydrogen) atoms. The van der Waals surface area contributed by atoms with Gasteiger partial charge >= 0.3 is 0 Å². The maximum atomic E-state index is 10.8. The van der Waals surface area contributed by atoms with Crippen LogP contribution in [0.25, 0.3) is 0 Å². The zero-order chi connectivity index (χ0) is 20.9. The number of fused-ring (bicyclic) bond motifs is 7. The molecule has 166 valence electrons. The highest BCUT2D eigenvalue weighted by atomic mass is 16.3. The van der Waals surface area contributed by atoms with Crippen LogP contribution in [0, 0.1) is 50.7 Å². The van der Waals surface area contributed by atoms with Crippen LogP contribution in [0.3, 0.4) is 0 Å². The summed E-state index contributed by atoms with van der Waals surface area (Å²) < 4.78 is 0. The lowest BCUT2D eigenvalue weighted by molar-refractivity contribution is -0.245. The van der Waals surface area contributed by atoms with E-state index >= 15 is 0 Å². The molecule has 0 bridgehead atoms. The van der Waals surface area contributed by atoms with Crippen molar-refractivity contribution in [3.8, 4) is 0 Å². The van der Waals surface area contributed by atoms with Crippen molar-refractivity contribution in [1.82, 2.24) is 0 Å². The summed E-state index contributed by atoms with van der Waals surface area (Å²) in [5.41, 5.74) is 2.26. The Bertz CT molecular complexity index is 667. The molecule has 5 fully saturated rings. The van der Waals surface area contributed by atoms with Gasteiger partial charge in [0.05, 0.1) is 6.10 Å². The Morgan fingerprint density at radius 3 is 2.17 bits per heavy atom. The minimum Gasteiger partial charge on any atom is -0.393 e. The van der Waals surface area contributed by atoms with Gasteiger partial charge in [0.2, 0.25) is 0 Å². The Kier molecular flexibility index (Phi) is 4.50. The number of aliphatic hydroxyl groups is 1. The average Bonchev–Trinajstić information content (AvgIpc) is 3.10. The van der Waals surface area contributed by atoms with Crippen LogP contribution >= 0.6 is 0 Å². The van der Waals surface area contributed by atoms with Crippen molar-refractivity contribution in [3.63, 3.8) is 0 Å². The van der Waals surface area contributed by atoms with Crippen molar-refractivity contribution >= 4 is 0 Å². The van der Waals surface area contributed by atoms with Gasteiger partial charge in [-0.3, -0.25) is 0 Å². The second-order valence-corrected chi connectivity index (χ2v) is 13.8. The lowest BCUT2D eigenvalue weighted by atomic mass is 9.32. The Labute approximate surface area is 180 Å². The minimum absolute atomic E-state index is 0.0848. The molecule has 5 aliphatic rings. The van der Waals surface area contributed by atoms with E-state index in [-0.39, 0.29) is 11.5 Å². The van der Waals surface area contributed by atoms with Crippen LogP contribution in [0.2, 0.25) is 0 Å². The Morgan fingerprint density at radius 1 is 0.690 bits per heavy atom. The third kappa shape index (κ3) is 2.38. The summed E-state index contributed by atoms with van der Waals surface area (Å²) in [5, 5.41) is 10.8. The fourth-order valence-corrected chi connectivity index (χ4v) is 11.3. The largest absolute Gasteiger partial charge is 0.393 e. The van der Waals surface area contributed by atoms with Crippen LogP contribution in [0.1, 0.15) is 119 Å². The molecule has 1 nitrogen and oxygen atoms in total. The van der Waals surface area contributed by atoms with Crippen molar-refractivity contribution in [2.75, 3.05) is 0 Å². The van der Waals surface area contributed by atoms with E-state index < -0.39 is 0 Å². The first-order valence-electron chi connectivity index (χ1n) is 13.2. The van der Waals surface area contributed by atoms with Crippen LogP contribution in [0.15, 0.2) is 0 Å². The molecule has 5 saturated carbocycles. The third-order valence-corrected chi connectivity index (χ3v) is 13.2. The summed E-state index contributed by atoms with van der Waals surface area (Å²) in [6.07, 6.45) is 16.9. The predicted octanol–water partition coefficient (Wildman–Crippen LogP) is 7.61. The predicted molar refractivity (Wildman–Crippen MR) is 122 cm³/mol. The highest BCUT2D eigenvalue weighted by Crippen LogP contribution is 2.77. The van der Waals surface area contributed by atoms with Crippen LogP contribution in [-0.2, 0) is 0 Å². The van der Waals surface area contributed by atoms with Crippen LogP contribution in [0.5, 0.6) is 0 Å². The second kappa shape index (κ2) is 6.26. The van der Waals surface area contributed by atoms with Crippen molar-refractivity contribution in [3.05, 3.63) is 0 Å². The molecule has 5 aliphatic carbocycles. The maximum absolute atomic E-state index is 10.8. The number of rotatable bonds is 1. The number of hydrogen-bond acceptors (Lipinski definition) is 1. The lowest BCUT2D eigenvalue weighted by Gasteiger charge is -2.72. The van der Waals surface area contributed by atoms with E-state index in [0.717, 1.165) is 24.2 Å². The molecule has 0 heterocycles. The van der Waals surface area contributed by atoms with E-state index in [1.807, 2.05) is 0 Å². The van der Waals surface area contributed by atoms with Crippen molar-refractivity contribution in [1.29, 1.82) is 0 Å². The first-order chi connectivity index (χ1) is 13.6. The lowest BCUT2D eigenvalue weighted by Crippen LogP contribution is -2.66. The topological polar surface area (TPSA) is 20.2 Å². The van der Waals surface area contributed by atoms with Crippen LogP contribution in [0.4, 0.5) is 0 Å². The van der Waals surface area contributed by atoms with Gasteiger partial charge in [0.1, 0.15) is 0 Å². The summed E-state index contributed by atoms with van der Waals surface area (Å²) in [5.74, 6) is 3.54. The summed E-state index contributed by atoms with van der Waals surface area (Å²) in [6.45, 7) is 15.4. The van der Waals surface area contributed by atoms with Gasteiger partial charge in [-0.05, 0) is 115 Å². The summed E-state index contributed by atoms with van der Waals surface area (Å²) in [6, 6.07) is 0. The van der Waals surface area contributed by atoms with Gasteiger partial charge < -0.3 is 5.11 Å². The number of hydrogen-bond donors (Lipinski definition) is 1. The Balaban J connectivity index is 1.53. The molecular weight excluding hydrogens is 352 g/mol. The molecular formula is C28H48O. The summed E-state index contributed by atoms with van der Waals surface area (Å²) in [4.78, 5) is 0. The van der Waals surface area contributed by atoms with E-state index in [1.54, 1.807) is 0 Å². The third-order valence-electron chi connectivity index (χ3n) is 13.2. The molecule has 0 saturated heterocycles. The summed E-state index contributed by atoms with van der Waals surface area (Å²) >= 11 is 0. The molecule has 9 atom stereocenters. The van der Waals surface area contributed by atoms with Gasteiger partial charge in [-0.1, -0.05) is 54.4 Å². The first-order valence-corrected chi connectivity index (χ1v) is 13.2. The monoisotopic (exact) mass is 400 g/mol. The molecule has 8 unspecified atom stereocenters. The van der Waals surface area contributed by atoms with E-state index in [0.29, 0.717) is 27.6 Å². The van der Waals surface area contributed by atoms with Gasteiger partial charge in [0.15, 0.2) is 0 Å². The highest BCUT2D eigenvalue weighted by molar-refractivity contribution is 5.18. The van der Waals surface area contributed by atoms with Gasteiger partial charge in [-0.15, -0.1) is 0 Å². The zero-order valence-corrected chi connectivity index (χ0v) is 20.3. The van der Waals surface area contributed by atoms with E-state index in [1.165, 1.54) is 70.6 Å². The average molecular weight is 401 g/mol. The Morgan fingerprint density at radius 2 is 1.45 bits per heavy atom. The standard InChI is InChI=1S/C28H48O/c1-7-28-14-8-9-20(28)19-10-11-22-25(4)15-13-23(29)24(2,3)21(25)12-16-27(22,6)26(19,5)17-18-28/h19-23,29H,7-18H2,1-6H3/t19?,20?,21?,22?,23?,25?,26-,27?,28?/m1/s1. The highest BCUT2D eigenvalue weighted by Gasteiger charge is 2.69. The fraction of sp³-hybridized carbons (Fsp3) is 1.00. The van der Waals surface area contributed by atoms with E-state index in [9.17, 15) is 5.11 Å². The van der Waals surface area contributed by atoms with Gasteiger partial charge in [-0.25, -0.2) is 0 Å². The van der Waals surface area contributed by atoms with Crippen LogP contribution < -0.4 is 0 Å². The van der Waals surface area contributed by atoms with Gasteiger partial charge in [0, 0.05) is 0 Å². The SMILES string of the molecule is CCC12CCCC1C1CCC3C4(C)CCC(O)C(C)(C)C4CCC3(C)[C@]1(C)CC2. The fourth-order valence-electron chi connectivity index (χ4n) is 11.3. The molecule has 5 rings (SSSR count). The minimum atomic E-state index is -0.102. The maximum Gasteiger partial charge on any atom is 0.0594 e. The normalized spacial score (nSPS) is 58.7. The summed E-state index contributed by atoms with van der Waals surface area (Å²) in [7, 11) is 0. The van der Waals surface area contributed by atoms with Crippen molar-refractivity contribution < 1.29 is 5.11 Å². The van der Waals surface area contributed by atoms with Gasteiger partial charge in [0.25, 0.3) is 0 Å². The molecule has 0 radical (unpaired) electrons. The Hall–Kier alpha value is -0.0400. The molecule has 1 heteroatoms. The molecule has 0 aromatic carbocycles. The quantitative estimate of drug-likeness (QED) is 0.480. The van der Waals surface area contributed by atoms with Crippen LogP contribution in [-0.4, -0.2) is 11.2 Å². The molecule has 0 amide bonds.